The molecule has 1 amide bonds. The van der Waals surface area contributed by atoms with E-state index in [-0.39, 0.29) is 37.4 Å². The first-order valence-electron chi connectivity index (χ1n) is 15.0. The molecular weight excluding hydrogens is 554 g/mol. The molecule has 8 atom stereocenters. The molecule has 6 rings (SSSR count). The summed E-state index contributed by atoms with van der Waals surface area (Å²) in [6, 6.07) is 15.8. The minimum absolute atomic E-state index is 0.0613. The summed E-state index contributed by atoms with van der Waals surface area (Å²) in [7, 11) is -3.54. The highest BCUT2D eigenvalue weighted by molar-refractivity contribution is 7.88. The predicted molar refractivity (Wildman–Crippen MR) is 160 cm³/mol. The number of carbonyl (C=O) groups is 1. The number of aliphatic hydroxyl groups is 2. The van der Waals surface area contributed by atoms with Crippen LogP contribution in [-0.2, 0) is 38.5 Å². The predicted octanol–water partition coefficient (Wildman–Crippen LogP) is 2.97. The number of nitrogens with zero attached hydrogens (tertiary/aromatic N) is 1. The number of sulfonamides is 1. The molecule has 3 aliphatic carbocycles. The molecule has 0 unspecified atom stereocenters. The second-order valence-corrected chi connectivity index (χ2v) is 14.9. The number of carbonyl (C=O) groups excluding carboxylic acids is 1. The zero-order valence-corrected chi connectivity index (χ0v) is 25.8. The Morgan fingerprint density at radius 2 is 1.79 bits per heavy atom. The Labute approximate surface area is 249 Å². The van der Waals surface area contributed by atoms with Gasteiger partial charge in [-0.05, 0) is 59.6 Å². The number of aliphatic hydroxyl groups excluding tert-OH is 2. The fourth-order valence-corrected chi connectivity index (χ4v) is 8.66. The molecule has 1 heterocycles. The first-order chi connectivity index (χ1) is 19.9. The van der Waals surface area contributed by atoms with Crippen LogP contribution in [0.1, 0.15) is 57.2 Å². The maximum Gasteiger partial charge on any atom is 0.240 e. The molecule has 10 heteroatoms. The summed E-state index contributed by atoms with van der Waals surface area (Å²) < 4.78 is 27.9. The van der Waals surface area contributed by atoms with Crippen molar-refractivity contribution in [2.75, 3.05) is 6.61 Å². The van der Waals surface area contributed by atoms with Gasteiger partial charge >= 0.3 is 0 Å². The molecule has 2 bridgehead atoms. The van der Waals surface area contributed by atoms with Crippen molar-refractivity contribution in [3.63, 3.8) is 0 Å². The van der Waals surface area contributed by atoms with Gasteiger partial charge in [0.2, 0.25) is 15.9 Å². The van der Waals surface area contributed by atoms with Crippen LogP contribution >= 0.6 is 0 Å². The third-order valence-electron chi connectivity index (χ3n) is 10.1. The number of amides is 1. The smallest absolute Gasteiger partial charge is 0.240 e. The SMILES string of the molecule is C[C@@H]1[C@@H](NC(=O)[C@@H]2[C@H]([C@H](C)O)[C@H](CO)ON2Cc2cccc(CNS(=O)(=O)Cc3ccccc3)c2)C[C@H]2C[C@@H]1C2(C)C. The van der Waals surface area contributed by atoms with Crippen LogP contribution in [0.4, 0.5) is 0 Å². The van der Waals surface area contributed by atoms with Crippen LogP contribution in [0.2, 0.25) is 0 Å². The van der Waals surface area contributed by atoms with E-state index < -0.39 is 34.2 Å². The summed E-state index contributed by atoms with van der Waals surface area (Å²) in [6.07, 6.45) is 0.560. The minimum Gasteiger partial charge on any atom is -0.394 e. The minimum atomic E-state index is -3.54. The fourth-order valence-electron chi connectivity index (χ4n) is 7.54. The number of fused-ring (bicyclic) bond motifs is 2. The van der Waals surface area contributed by atoms with Gasteiger partial charge < -0.3 is 15.5 Å². The van der Waals surface area contributed by atoms with Gasteiger partial charge in [0.1, 0.15) is 12.1 Å². The van der Waals surface area contributed by atoms with Gasteiger partial charge in [-0.25, -0.2) is 13.1 Å². The molecule has 0 aromatic heterocycles. The number of rotatable bonds is 11. The second-order valence-electron chi connectivity index (χ2n) is 13.1. The Kier molecular flexibility index (Phi) is 9.14. The maximum absolute atomic E-state index is 13.8. The van der Waals surface area contributed by atoms with Crippen molar-refractivity contribution in [1.29, 1.82) is 0 Å². The third-order valence-corrected chi connectivity index (χ3v) is 11.4. The van der Waals surface area contributed by atoms with Gasteiger partial charge in [-0.2, -0.15) is 5.06 Å². The normalized spacial score (nSPS) is 31.3. The molecule has 0 spiro atoms. The van der Waals surface area contributed by atoms with E-state index in [0.717, 1.165) is 17.5 Å². The summed E-state index contributed by atoms with van der Waals surface area (Å²) >= 11 is 0. The van der Waals surface area contributed by atoms with Crippen molar-refractivity contribution in [3.8, 4) is 0 Å². The van der Waals surface area contributed by atoms with E-state index in [0.29, 0.717) is 28.7 Å². The van der Waals surface area contributed by atoms with E-state index in [4.69, 9.17) is 4.84 Å². The molecular formula is C32H45N3O6S. The van der Waals surface area contributed by atoms with E-state index in [9.17, 15) is 23.4 Å². The molecule has 4 aliphatic rings. The second kappa shape index (κ2) is 12.3. The molecule has 1 saturated heterocycles. The average molecular weight is 600 g/mol. The summed E-state index contributed by atoms with van der Waals surface area (Å²) in [4.78, 5) is 19.9. The number of benzene rings is 2. The van der Waals surface area contributed by atoms with Gasteiger partial charge in [-0.3, -0.25) is 9.63 Å². The van der Waals surface area contributed by atoms with Crippen molar-refractivity contribution in [2.24, 2.45) is 29.1 Å². The van der Waals surface area contributed by atoms with Crippen molar-refractivity contribution < 1.29 is 28.3 Å². The highest BCUT2D eigenvalue weighted by atomic mass is 32.2. The molecule has 4 N–H and O–H groups in total. The summed E-state index contributed by atoms with van der Waals surface area (Å²) in [5, 5.41) is 25.6. The summed E-state index contributed by atoms with van der Waals surface area (Å²) in [5.41, 5.74) is 2.61. The number of nitrogens with one attached hydrogen (secondary N) is 2. The zero-order chi connectivity index (χ0) is 30.2. The Bertz CT molecular complexity index is 1350. The van der Waals surface area contributed by atoms with Crippen LogP contribution in [0, 0.1) is 29.1 Å². The maximum atomic E-state index is 13.8. The molecule has 4 fully saturated rings. The van der Waals surface area contributed by atoms with Crippen LogP contribution in [0.15, 0.2) is 54.6 Å². The lowest BCUT2D eigenvalue weighted by atomic mass is 9.45. The third kappa shape index (κ3) is 6.44. The number of hydrogen-bond acceptors (Lipinski definition) is 7. The first kappa shape index (κ1) is 31.1. The van der Waals surface area contributed by atoms with E-state index in [2.05, 4.69) is 30.8 Å². The highest BCUT2D eigenvalue weighted by Crippen LogP contribution is 2.61. The number of hydroxylamine groups is 2. The molecule has 2 aromatic rings. The van der Waals surface area contributed by atoms with Gasteiger partial charge in [-0.1, -0.05) is 75.4 Å². The van der Waals surface area contributed by atoms with Gasteiger partial charge in [0.15, 0.2) is 0 Å². The Balaban J connectivity index is 1.27. The standard InChI is InChI=1S/C32H45N3O6S/c1-20-26-14-25(32(26,3)4)15-27(20)34-31(38)30-29(21(2)37)28(18-36)41-35(30)17-24-12-8-11-23(13-24)16-33-42(39,40)19-22-9-6-5-7-10-22/h5-13,20-21,25-30,33,36-37H,14-19H2,1-4H3,(H,34,38)/t20-,21-,25+,26-,27-,28-,29+,30-/m0/s1. The topological polar surface area (TPSA) is 128 Å². The summed E-state index contributed by atoms with van der Waals surface area (Å²) in [6.45, 7) is 8.54. The van der Waals surface area contributed by atoms with Gasteiger partial charge in [0.05, 0.1) is 25.0 Å². The fraction of sp³-hybridized carbons (Fsp3) is 0.594. The largest absolute Gasteiger partial charge is 0.394 e. The van der Waals surface area contributed by atoms with E-state index in [1.54, 1.807) is 24.1 Å². The molecule has 1 aliphatic heterocycles. The lowest BCUT2D eigenvalue weighted by Gasteiger charge is -2.62. The van der Waals surface area contributed by atoms with Gasteiger partial charge in [0, 0.05) is 18.5 Å². The van der Waals surface area contributed by atoms with Gasteiger partial charge in [0.25, 0.3) is 0 Å². The van der Waals surface area contributed by atoms with Gasteiger partial charge in [-0.15, -0.1) is 0 Å². The van der Waals surface area contributed by atoms with E-state index in [1.165, 1.54) is 6.42 Å². The van der Waals surface area contributed by atoms with Crippen LogP contribution in [0.3, 0.4) is 0 Å². The Hall–Kier alpha value is -2.34. The monoisotopic (exact) mass is 599 g/mol. The van der Waals surface area contributed by atoms with Crippen molar-refractivity contribution >= 4 is 15.9 Å². The first-order valence-corrected chi connectivity index (χ1v) is 16.7. The van der Waals surface area contributed by atoms with E-state index in [1.807, 2.05) is 42.5 Å². The molecule has 42 heavy (non-hydrogen) atoms. The lowest BCUT2D eigenvalue weighted by molar-refractivity contribution is -0.183. The summed E-state index contributed by atoms with van der Waals surface area (Å²) in [5.74, 6) is 0.609. The average Bonchev–Trinajstić information content (AvgIpc) is 3.32. The molecule has 2 aromatic carbocycles. The molecule has 3 saturated carbocycles. The van der Waals surface area contributed by atoms with Crippen molar-refractivity contribution in [2.45, 2.75) is 83.7 Å². The molecule has 9 nitrogen and oxygen atoms in total. The van der Waals surface area contributed by atoms with Crippen molar-refractivity contribution in [3.05, 3.63) is 71.3 Å². The van der Waals surface area contributed by atoms with Crippen molar-refractivity contribution in [1.82, 2.24) is 15.1 Å². The molecule has 230 valence electrons. The highest BCUT2D eigenvalue weighted by Gasteiger charge is 2.57. The van der Waals surface area contributed by atoms with Crippen LogP contribution in [0.5, 0.6) is 0 Å². The Morgan fingerprint density at radius 1 is 1.10 bits per heavy atom. The van der Waals surface area contributed by atoms with Crippen LogP contribution in [0.25, 0.3) is 0 Å². The molecule has 0 radical (unpaired) electrons. The Morgan fingerprint density at radius 3 is 2.43 bits per heavy atom. The van der Waals surface area contributed by atoms with Crippen LogP contribution < -0.4 is 10.0 Å². The lowest BCUT2D eigenvalue weighted by Crippen LogP contribution is -2.62. The quantitative estimate of drug-likeness (QED) is 0.313. The number of hydrogen-bond donors (Lipinski definition) is 4. The van der Waals surface area contributed by atoms with Crippen LogP contribution in [-0.4, -0.2) is 60.5 Å². The van der Waals surface area contributed by atoms with E-state index >= 15 is 0 Å². The zero-order valence-electron chi connectivity index (χ0n) is 24.9.